The first kappa shape index (κ1) is 17.9. The molecule has 0 radical (unpaired) electrons. The van der Waals surface area contributed by atoms with E-state index < -0.39 is 21.3 Å². The molecule has 2 aromatic rings. The number of rotatable bonds is 4. The highest BCUT2D eigenvalue weighted by Gasteiger charge is 2.18. The summed E-state index contributed by atoms with van der Waals surface area (Å²) in [4.78, 5) is 27.8. The van der Waals surface area contributed by atoms with Crippen molar-refractivity contribution in [3.05, 3.63) is 39.0 Å². The van der Waals surface area contributed by atoms with Crippen molar-refractivity contribution >= 4 is 20.9 Å². The zero-order valence-corrected chi connectivity index (χ0v) is 14.8. The van der Waals surface area contributed by atoms with Gasteiger partial charge in [0.05, 0.1) is 15.8 Å². The summed E-state index contributed by atoms with van der Waals surface area (Å²) in [6, 6.07) is 4.14. The molecule has 25 heavy (non-hydrogen) atoms. The SMILES string of the molecule is O=c1[nH]c(=O)c2cc(S(=O)(=O)NCC3CCCCCCC3)ccc2[nH]1. The van der Waals surface area contributed by atoms with Crippen LogP contribution in [0.1, 0.15) is 44.9 Å². The van der Waals surface area contributed by atoms with Crippen molar-refractivity contribution < 1.29 is 8.42 Å². The molecule has 0 unspecified atom stereocenters. The van der Waals surface area contributed by atoms with E-state index in [1.54, 1.807) is 0 Å². The second kappa shape index (κ2) is 7.53. The fraction of sp³-hybridized carbons (Fsp3) is 0.529. The monoisotopic (exact) mass is 365 g/mol. The maximum absolute atomic E-state index is 12.6. The topological polar surface area (TPSA) is 112 Å². The third-order valence-electron chi connectivity index (χ3n) is 4.81. The Morgan fingerprint density at radius 2 is 1.68 bits per heavy atom. The van der Waals surface area contributed by atoms with Gasteiger partial charge in [0.15, 0.2) is 0 Å². The summed E-state index contributed by atoms with van der Waals surface area (Å²) in [5.74, 6) is 0.357. The van der Waals surface area contributed by atoms with Crippen LogP contribution in [0.4, 0.5) is 0 Å². The van der Waals surface area contributed by atoms with E-state index in [0.717, 1.165) is 25.7 Å². The molecule has 3 rings (SSSR count). The number of sulfonamides is 1. The van der Waals surface area contributed by atoms with Crippen LogP contribution >= 0.6 is 0 Å². The van der Waals surface area contributed by atoms with Crippen molar-refractivity contribution in [2.75, 3.05) is 6.54 Å². The maximum Gasteiger partial charge on any atom is 0.326 e. The standard InChI is InChI=1S/C17H23N3O4S/c21-16-14-10-13(8-9-15(14)19-17(22)20-16)25(23,24)18-11-12-6-4-2-1-3-5-7-12/h8-10,12,18H,1-7,11H2,(H2,19,20,21,22). The van der Waals surface area contributed by atoms with E-state index in [-0.39, 0.29) is 10.3 Å². The molecule has 3 N–H and O–H groups in total. The summed E-state index contributed by atoms with van der Waals surface area (Å²) < 4.78 is 27.8. The number of benzene rings is 1. The van der Waals surface area contributed by atoms with Gasteiger partial charge < -0.3 is 4.98 Å². The molecule has 1 saturated carbocycles. The van der Waals surface area contributed by atoms with Crippen molar-refractivity contribution in [2.45, 2.75) is 49.8 Å². The van der Waals surface area contributed by atoms with E-state index in [1.807, 2.05) is 0 Å². The Labute approximate surface area is 145 Å². The molecule has 0 aliphatic heterocycles. The molecule has 0 bridgehead atoms. The molecule has 136 valence electrons. The molecule has 0 spiro atoms. The van der Waals surface area contributed by atoms with Crippen LogP contribution < -0.4 is 16.0 Å². The molecule has 1 aromatic carbocycles. The third kappa shape index (κ3) is 4.38. The van der Waals surface area contributed by atoms with Gasteiger partial charge in [-0.2, -0.15) is 0 Å². The molecule has 1 heterocycles. The average Bonchev–Trinajstić information content (AvgIpc) is 2.53. The number of H-pyrrole nitrogens is 2. The van der Waals surface area contributed by atoms with E-state index in [1.165, 1.54) is 37.5 Å². The lowest BCUT2D eigenvalue weighted by molar-refractivity contribution is 0.376. The van der Waals surface area contributed by atoms with Crippen molar-refractivity contribution in [3.63, 3.8) is 0 Å². The molecule has 1 fully saturated rings. The quantitative estimate of drug-likeness (QED) is 0.767. The van der Waals surface area contributed by atoms with Gasteiger partial charge in [0, 0.05) is 6.54 Å². The van der Waals surface area contributed by atoms with Gasteiger partial charge in [-0.3, -0.25) is 9.78 Å². The first-order valence-electron chi connectivity index (χ1n) is 8.72. The number of hydrogen-bond donors (Lipinski definition) is 3. The number of hydrogen-bond acceptors (Lipinski definition) is 4. The molecule has 8 heteroatoms. The first-order valence-corrected chi connectivity index (χ1v) is 10.2. The molecule has 1 aliphatic carbocycles. The summed E-state index contributed by atoms with van der Waals surface area (Å²) in [6.45, 7) is 0.419. The minimum absolute atomic E-state index is 0.0309. The second-order valence-electron chi connectivity index (χ2n) is 6.68. The fourth-order valence-corrected chi connectivity index (χ4v) is 4.51. The van der Waals surface area contributed by atoms with Crippen LogP contribution in [0.2, 0.25) is 0 Å². The molecular formula is C17H23N3O4S. The van der Waals surface area contributed by atoms with Crippen molar-refractivity contribution in [1.29, 1.82) is 0 Å². The first-order chi connectivity index (χ1) is 12.0. The molecule has 0 atom stereocenters. The molecule has 0 saturated heterocycles. The highest BCUT2D eigenvalue weighted by atomic mass is 32.2. The summed E-state index contributed by atoms with van der Waals surface area (Å²) in [5.41, 5.74) is -0.904. The average molecular weight is 365 g/mol. The number of nitrogens with one attached hydrogen (secondary N) is 3. The minimum Gasteiger partial charge on any atom is -0.307 e. The van der Waals surface area contributed by atoms with Gasteiger partial charge in [0.1, 0.15) is 0 Å². The largest absolute Gasteiger partial charge is 0.326 e. The van der Waals surface area contributed by atoms with E-state index in [2.05, 4.69) is 14.7 Å². The van der Waals surface area contributed by atoms with Crippen LogP contribution in [-0.4, -0.2) is 24.9 Å². The molecule has 1 aromatic heterocycles. The predicted molar refractivity (Wildman–Crippen MR) is 96.2 cm³/mol. The minimum atomic E-state index is -3.69. The van der Waals surface area contributed by atoms with Crippen LogP contribution in [0.25, 0.3) is 10.9 Å². The van der Waals surface area contributed by atoms with Crippen LogP contribution in [0.3, 0.4) is 0 Å². The summed E-state index contributed by atoms with van der Waals surface area (Å²) in [6.07, 6.45) is 8.08. The lowest BCUT2D eigenvalue weighted by atomic mass is 9.91. The lowest BCUT2D eigenvalue weighted by Gasteiger charge is -2.20. The highest BCUT2D eigenvalue weighted by molar-refractivity contribution is 7.89. The van der Waals surface area contributed by atoms with Crippen LogP contribution in [0, 0.1) is 5.92 Å². The Hall–Kier alpha value is -1.93. The predicted octanol–water partition coefficient (Wildman–Crippen LogP) is 1.86. The van der Waals surface area contributed by atoms with Gasteiger partial charge in [-0.1, -0.05) is 32.1 Å². The van der Waals surface area contributed by atoms with E-state index in [9.17, 15) is 18.0 Å². The number of aromatic nitrogens is 2. The van der Waals surface area contributed by atoms with E-state index >= 15 is 0 Å². The molecule has 0 amide bonds. The lowest BCUT2D eigenvalue weighted by Crippen LogP contribution is -2.30. The smallest absolute Gasteiger partial charge is 0.307 e. The van der Waals surface area contributed by atoms with Gasteiger partial charge in [0.25, 0.3) is 5.56 Å². The fourth-order valence-electron chi connectivity index (χ4n) is 3.37. The number of fused-ring (bicyclic) bond motifs is 1. The van der Waals surface area contributed by atoms with Crippen LogP contribution in [0.15, 0.2) is 32.7 Å². The Bertz CT molecular complexity index is 954. The molecule has 7 nitrogen and oxygen atoms in total. The van der Waals surface area contributed by atoms with Crippen molar-refractivity contribution in [3.8, 4) is 0 Å². The van der Waals surface area contributed by atoms with E-state index in [0.29, 0.717) is 18.0 Å². The maximum atomic E-state index is 12.6. The third-order valence-corrected chi connectivity index (χ3v) is 6.23. The van der Waals surface area contributed by atoms with E-state index in [4.69, 9.17) is 0 Å². The Morgan fingerprint density at radius 3 is 2.40 bits per heavy atom. The van der Waals surface area contributed by atoms with Gasteiger partial charge in [0.2, 0.25) is 10.0 Å². The van der Waals surface area contributed by atoms with Gasteiger partial charge in [-0.05, 0) is 37.0 Å². The molecular weight excluding hydrogens is 342 g/mol. The molecule has 1 aliphatic rings. The Balaban J connectivity index is 1.78. The number of aromatic amines is 2. The van der Waals surface area contributed by atoms with Crippen molar-refractivity contribution in [2.24, 2.45) is 5.92 Å². The zero-order chi connectivity index (χ0) is 17.9. The van der Waals surface area contributed by atoms with Gasteiger partial charge >= 0.3 is 5.69 Å². The zero-order valence-electron chi connectivity index (χ0n) is 14.0. The second-order valence-corrected chi connectivity index (χ2v) is 8.45. The van der Waals surface area contributed by atoms with Gasteiger partial charge in [-0.25, -0.2) is 17.9 Å². The Morgan fingerprint density at radius 1 is 1.00 bits per heavy atom. The normalized spacial score (nSPS) is 17.3. The van der Waals surface area contributed by atoms with Crippen LogP contribution in [0.5, 0.6) is 0 Å². The summed E-state index contributed by atoms with van der Waals surface area (Å²) in [5, 5.41) is 0.147. The summed E-state index contributed by atoms with van der Waals surface area (Å²) >= 11 is 0. The highest BCUT2D eigenvalue weighted by Crippen LogP contribution is 2.22. The van der Waals surface area contributed by atoms with Crippen LogP contribution in [-0.2, 0) is 10.0 Å². The van der Waals surface area contributed by atoms with Crippen molar-refractivity contribution in [1.82, 2.24) is 14.7 Å². The Kier molecular flexibility index (Phi) is 5.39. The summed E-state index contributed by atoms with van der Waals surface area (Å²) in [7, 11) is -3.69. The van der Waals surface area contributed by atoms with Gasteiger partial charge in [-0.15, -0.1) is 0 Å².